The highest BCUT2D eigenvalue weighted by Gasteiger charge is 2.31. The first-order valence-electron chi connectivity index (χ1n) is 10.5. The van der Waals surface area contributed by atoms with Crippen LogP contribution in [0.3, 0.4) is 0 Å². The Morgan fingerprint density at radius 2 is 1.94 bits per heavy atom. The Balaban J connectivity index is 1.67. The highest BCUT2D eigenvalue weighted by Crippen LogP contribution is 2.30. The third-order valence-corrected chi connectivity index (χ3v) is 7.29. The van der Waals surface area contributed by atoms with Crippen molar-refractivity contribution in [2.75, 3.05) is 25.0 Å². The largest absolute Gasteiger partial charge is 0.416 e. The van der Waals surface area contributed by atoms with E-state index in [1.54, 1.807) is 37.6 Å². The molecule has 0 aliphatic carbocycles. The van der Waals surface area contributed by atoms with E-state index < -0.39 is 27.5 Å². The summed E-state index contributed by atoms with van der Waals surface area (Å²) in [5.74, 6) is -1.01. The highest BCUT2D eigenvalue weighted by atomic mass is 35.5. The number of hydrogen-bond acceptors (Lipinski definition) is 5. The van der Waals surface area contributed by atoms with Crippen LogP contribution in [0.4, 0.5) is 18.9 Å². The smallest absolute Gasteiger partial charge is 0.308 e. The number of benzene rings is 1. The molecule has 13 heteroatoms. The van der Waals surface area contributed by atoms with E-state index in [0.717, 1.165) is 22.5 Å². The van der Waals surface area contributed by atoms with Crippen LogP contribution >= 0.6 is 11.6 Å². The summed E-state index contributed by atoms with van der Waals surface area (Å²) < 4.78 is 66.6. The van der Waals surface area contributed by atoms with Gasteiger partial charge in [0.05, 0.1) is 29.4 Å². The summed E-state index contributed by atoms with van der Waals surface area (Å²) >= 11 is 6.25. The lowest BCUT2D eigenvalue weighted by Gasteiger charge is -2.22. The standard InChI is InChI=1S/C22H23ClF3N5O3S/c1-3-30(19-14-31(28-21(19)23)18-8-5-10-27-13-18)20(32)9-11-29(2)35(33,34)15-16-6-4-7-17(12-16)22(24,25)26/h4-8,10,12-14H,3,9,11,15H2,1-2H3. The maximum Gasteiger partial charge on any atom is 0.416 e. The Morgan fingerprint density at radius 3 is 2.57 bits per heavy atom. The number of alkyl halides is 3. The maximum absolute atomic E-state index is 12.9. The van der Waals surface area contributed by atoms with Crippen LogP contribution in [0, 0.1) is 0 Å². The van der Waals surface area contributed by atoms with Gasteiger partial charge in [0.25, 0.3) is 0 Å². The molecule has 0 aliphatic heterocycles. The number of carbonyl (C=O) groups is 1. The minimum absolute atomic E-state index is 0.00258. The molecule has 0 atom stereocenters. The summed E-state index contributed by atoms with van der Waals surface area (Å²) in [6.07, 6.45) is 0.0214. The molecule has 0 spiro atoms. The van der Waals surface area contributed by atoms with Crippen LogP contribution in [-0.4, -0.2) is 53.5 Å². The van der Waals surface area contributed by atoms with Crippen molar-refractivity contribution in [2.45, 2.75) is 25.3 Å². The lowest BCUT2D eigenvalue weighted by atomic mass is 10.1. The molecular weight excluding hydrogens is 507 g/mol. The van der Waals surface area contributed by atoms with Crippen LogP contribution in [0.15, 0.2) is 55.0 Å². The molecule has 188 valence electrons. The fourth-order valence-corrected chi connectivity index (χ4v) is 4.74. The van der Waals surface area contributed by atoms with Crippen molar-refractivity contribution in [3.05, 3.63) is 71.3 Å². The van der Waals surface area contributed by atoms with Crippen molar-refractivity contribution in [1.29, 1.82) is 0 Å². The second-order valence-corrected chi connectivity index (χ2v) is 10.1. The van der Waals surface area contributed by atoms with E-state index in [2.05, 4.69) is 10.1 Å². The first kappa shape index (κ1) is 26.6. The molecule has 0 fully saturated rings. The molecule has 0 saturated carbocycles. The van der Waals surface area contributed by atoms with Gasteiger partial charge in [-0.25, -0.2) is 17.4 Å². The van der Waals surface area contributed by atoms with Gasteiger partial charge in [0.1, 0.15) is 5.69 Å². The molecule has 0 aliphatic rings. The molecule has 0 unspecified atom stereocenters. The summed E-state index contributed by atoms with van der Waals surface area (Å²) in [6.45, 7) is 1.84. The third kappa shape index (κ3) is 6.59. The minimum Gasteiger partial charge on any atom is -0.308 e. The van der Waals surface area contributed by atoms with Gasteiger partial charge < -0.3 is 4.90 Å². The van der Waals surface area contributed by atoms with Crippen LogP contribution < -0.4 is 4.90 Å². The molecule has 1 aromatic carbocycles. The minimum atomic E-state index is -4.58. The number of sulfonamides is 1. The van der Waals surface area contributed by atoms with Crippen molar-refractivity contribution >= 4 is 33.2 Å². The number of aromatic nitrogens is 3. The number of rotatable bonds is 9. The van der Waals surface area contributed by atoms with Crippen LogP contribution in [0.5, 0.6) is 0 Å². The Bertz CT molecular complexity index is 1280. The van der Waals surface area contributed by atoms with Gasteiger partial charge >= 0.3 is 6.18 Å². The van der Waals surface area contributed by atoms with Gasteiger partial charge in [0.2, 0.25) is 15.9 Å². The van der Waals surface area contributed by atoms with E-state index in [-0.39, 0.29) is 36.1 Å². The van der Waals surface area contributed by atoms with Crippen molar-refractivity contribution in [1.82, 2.24) is 19.1 Å². The van der Waals surface area contributed by atoms with Crippen molar-refractivity contribution < 1.29 is 26.4 Å². The van der Waals surface area contributed by atoms with Crippen molar-refractivity contribution in [3.8, 4) is 5.69 Å². The fraction of sp³-hybridized carbons (Fsp3) is 0.318. The second-order valence-electron chi connectivity index (χ2n) is 7.62. The highest BCUT2D eigenvalue weighted by molar-refractivity contribution is 7.88. The summed E-state index contributed by atoms with van der Waals surface area (Å²) in [5.41, 5.74) is 0.0789. The fourth-order valence-electron chi connectivity index (χ4n) is 3.31. The van der Waals surface area contributed by atoms with Crippen molar-refractivity contribution in [2.24, 2.45) is 0 Å². The zero-order valence-corrected chi connectivity index (χ0v) is 20.5. The number of anilines is 1. The maximum atomic E-state index is 12.9. The Hall–Kier alpha value is -2.96. The average Bonchev–Trinajstić information content (AvgIpc) is 3.19. The molecule has 0 radical (unpaired) electrons. The van der Waals surface area contributed by atoms with E-state index in [0.29, 0.717) is 11.4 Å². The summed E-state index contributed by atoms with van der Waals surface area (Å²) in [7, 11) is -2.68. The Kier molecular flexibility index (Phi) is 8.18. The molecule has 0 N–H and O–H groups in total. The average molecular weight is 530 g/mol. The first-order valence-corrected chi connectivity index (χ1v) is 12.5. The molecule has 1 amide bonds. The van der Waals surface area contributed by atoms with Crippen molar-refractivity contribution in [3.63, 3.8) is 0 Å². The van der Waals surface area contributed by atoms with Crippen LogP contribution in [0.25, 0.3) is 5.69 Å². The van der Waals surface area contributed by atoms with E-state index in [4.69, 9.17) is 11.6 Å². The Morgan fingerprint density at radius 1 is 1.20 bits per heavy atom. The molecule has 35 heavy (non-hydrogen) atoms. The lowest BCUT2D eigenvalue weighted by molar-refractivity contribution is -0.137. The van der Waals surface area contributed by atoms with Gasteiger partial charge in [-0.3, -0.25) is 9.78 Å². The van der Waals surface area contributed by atoms with Crippen LogP contribution in [-0.2, 0) is 26.7 Å². The molecular formula is C22H23ClF3N5O3S. The number of hydrogen-bond donors (Lipinski definition) is 0. The molecule has 0 bridgehead atoms. The topological polar surface area (TPSA) is 88.4 Å². The number of nitrogens with zero attached hydrogens (tertiary/aromatic N) is 5. The molecule has 8 nitrogen and oxygen atoms in total. The number of carbonyl (C=O) groups excluding carboxylic acids is 1. The monoisotopic (exact) mass is 529 g/mol. The van der Waals surface area contributed by atoms with Gasteiger partial charge in [-0.05, 0) is 30.7 Å². The normalized spacial score (nSPS) is 12.2. The van der Waals surface area contributed by atoms with E-state index in [9.17, 15) is 26.4 Å². The second kappa shape index (κ2) is 10.8. The Labute approximate surface area is 206 Å². The molecule has 2 heterocycles. The summed E-state index contributed by atoms with van der Waals surface area (Å²) in [5, 5.41) is 4.29. The SMILES string of the molecule is CCN(C(=O)CCN(C)S(=O)(=O)Cc1cccc(C(F)(F)F)c1)c1cn(-c2cccnc2)nc1Cl. The third-order valence-electron chi connectivity index (χ3n) is 5.19. The molecule has 3 rings (SSSR count). The van der Waals surface area contributed by atoms with Gasteiger partial charge in [0, 0.05) is 32.8 Å². The predicted octanol–water partition coefficient (Wildman–Crippen LogP) is 4.14. The van der Waals surface area contributed by atoms with Crippen LogP contribution in [0.2, 0.25) is 5.15 Å². The molecule has 0 saturated heterocycles. The van der Waals surface area contributed by atoms with Crippen LogP contribution in [0.1, 0.15) is 24.5 Å². The molecule has 3 aromatic rings. The van der Waals surface area contributed by atoms with E-state index in [1.807, 2.05) is 0 Å². The summed E-state index contributed by atoms with van der Waals surface area (Å²) in [4.78, 5) is 18.3. The van der Waals surface area contributed by atoms with Gasteiger partial charge in [-0.2, -0.15) is 18.3 Å². The summed E-state index contributed by atoms with van der Waals surface area (Å²) in [6, 6.07) is 7.64. The molecule has 2 aromatic heterocycles. The quantitative estimate of drug-likeness (QED) is 0.415. The van der Waals surface area contributed by atoms with Gasteiger partial charge in [-0.15, -0.1) is 0 Å². The zero-order chi connectivity index (χ0) is 25.8. The zero-order valence-electron chi connectivity index (χ0n) is 18.9. The predicted molar refractivity (Wildman–Crippen MR) is 126 cm³/mol. The number of halogens is 4. The first-order chi connectivity index (χ1) is 16.4. The lowest BCUT2D eigenvalue weighted by Crippen LogP contribution is -2.35. The van der Waals surface area contributed by atoms with Gasteiger partial charge in [-0.1, -0.05) is 29.8 Å². The van der Waals surface area contributed by atoms with E-state index in [1.165, 1.54) is 22.7 Å². The van der Waals surface area contributed by atoms with E-state index >= 15 is 0 Å². The van der Waals surface area contributed by atoms with Gasteiger partial charge in [0.15, 0.2) is 5.15 Å². The number of amides is 1. The number of pyridine rings is 1.